The molecule has 0 saturated heterocycles. The van der Waals surface area contributed by atoms with Gasteiger partial charge in [-0.1, -0.05) is 52.3 Å². The van der Waals surface area contributed by atoms with Crippen molar-refractivity contribution in [3.63, 3.8) is 0 Å². The van der Waals surface area contributed by atoms with E-state index >= 15 is 0 Å². The summed E-state index contributed by atoms with van der Waals surface area (Å²) >= 11 is 3.38. The molecule has 30 heavy (non-hydrogen) atoms. The summed E-state index contributed by atoms with van der Waals surface area (Å²) in [6, 6.07) is 13.9. The summed E-state index contributed by atoms with van der Waals surface area (Å²) < 4.78 is 20.4. The molecule has 7 nitrogen and oxygen atoms in total. The minimum Gasteiger partial charge on any atom is -0.383 e. The molecule has 2 aromatic carbocycles. The van der Waals surface area contributed by atoms with E-state index in [9.17, 15) is 14.0 Å². The fraction of sp³-hybridized carbons (Fsp3) is 0.238. The van der Waals surface area contributed by atoms with Gasteiger partial charge < -0.3 is 15.4 Å². The molecule has 0 bridgehead atoms. The van der Waals surface area contributed by atoms with Gasteiger partial charge in [0.2, 0.25) is 0 Å². The number of nitrogen functional groups attached to an aromatic ring is 1. The fourth-order valence-corrected chi connectivity index (χ4v) is 3.64. The van der Waals surface area contributed by atoms with Gasteiger partial charge in [-0.2, -0.15) is 0 Å². The lowest BCUT2D eigenvalue weighted by Crippen LogP contribution is -2.38. The molecule has 0 aliphatic heterocycles. The number of halogens is 2. The Hall–Kier alpha value is -2.91. The van der Waals surface area contributed by atoms with E-state index in [4.69, 9.17) is 10.5 Å². The molecule has 0 spiro atoms. The number of nitrogens with zero attached hydrogens (tertiary/aromatic N) is 2. The van der Waals surface area contributed by atoms with E-state index in [2.05, 4.69) is 20.9 Å². The van der Waals surface area contributed by atoms with Crippen LogP contribution in [0.1, 0.15) is 11.1 Å². The summed E-state index contributed by atoms with van der Waals surface area (Å²) in [5, 5.41) is 0. The molecule has 0 saturated carbocycles. The Morgan fingerprint density at radius 1 is 1.17 bits per heavy atom. The molecular weight excluding hydrogens is 455 g/mol. The molecule has 0 aliphatic rings. The number of nitrogens with two attached hydrogens (primary N) is 1. The van der Waals surface area contributed by atoms with Gasteiger partial charge in [-0.15, -0.1) is 0 Å². The normalized spacial score (nSPS) is 10.9. The second-order valence-corrected chi connectivity index (χ2v) is 7.57. The molecule has 1 heterocycles. The zero-order valence-electron chi connectivity index (χ0n) is 16.4. The summed E-state index contributed by atoms with van der Waals surface area (Å²) in [6.45, 7) is 1.09. The Morgan fingerprint density at radius 2 is 1.90 bits per heavy atom. The average molecular weight is 477 g/mol. The summed E-state index contributed by atoms with van der Waals surface area (Å²) in [7, 11) is 1.52. The summed E-state index contributed by atoms with van der Waals surface area (Å²) in [5.74, 6) is -0.319. The molecule has 3 rings (SSSR count). The van der Waals surface area contributed by atoms with Crippen LogP contribution >= 0.6 is 15.9 Å². The topological polar surface area (TPSA) is 93.3 Å². The van der Waals surface area contributed by atoms with Crippen molar-refractivity contribution < 1.29 is 9.13 Å². The van der Waals surface area contributed by atoms with Crippen LogP contribution in [-0.2, 0) is 24.4 Å². The van der Waals surface area contributed by atoms with Crippen molar-refractivity contribution in [2.75, 3.05) is 24.4 Å². The van der Waals surface area contributed by atoms with Crippen LogP contribution in [0.25, 0.3) is 0 Å². The van der Waals surface area contributed by atoms with Crippen molar-refractivity contribution in [3.05, 3.63) is 90.8 Å². The number of benzene rings is 2. The highest BCUT2D eigenvalue weighted by Gasteiger charge is 2.20. The molecule has 0 radical (unpaired) electrons. The Labute approximate surface area is 181 Å². The molecular formula is C21H22BrFN4O3. The molecule has 0 aliphatic carbocycles. The fourth-order valence-electron chi connectivity index (χ4n) is 3.16. The minimum atomic E-state index is -0.596. The van der Waals surface area contributed by atoms with Crippen LogP contribution in [0.3, 0.4) is 0 Å². The van der Waals surface area contributed by atoms with Crippen molar-refractivity contribution in [2.45, 2.75) is 19.6 Å². The van der Waals surface area contributed by atoms with Crippen molar-refractivity contribution >= 4 is 27.4 Å². The number of rotatable bonds is 8. The maximum atomic E-state index is 13.5. The quantitative estimate of drug-likeness (QED) is 0.521. The monoisotopic (exact) mass is 476 g/mol. The number of hydrogen-bond acceptors (Lipinski definition) is 5. The van der Waals surface area contributed by atoms with Crippen LogP contribution in [0.5, 0.6) is 0 Å². The number of H-pyrrole nitrogens is 1. The molecule has 0 amide bonds. The largest absolute Gasteiger partial charge is 0.383 e. The van der Waals surface area contributed by atoms with Gasteiger partial charge in [-0.3, -0.25) is 14.3 Å². The number of nitrogens with one attached hydrogen (secondary N) is 1. The first-order valence-corrected chi connectivity index (χ1v) is 10.0. The Balaban J connectivity index is 2.09. The van der Waals surface area contributed by atoms with Gasteiger partial charge in [0, 0.05) is 24.7 Å². The van der Waals surface area contributed by atoms with Gasteiger partial charge in [-0.25, -0.2) is 9.18 Å². The maximum Gasteiger partial charge on any atom is 0.330 e. The second-order valence-electron chi connectivity index (χ2n) is 6.71. The maximum absolute atomic E-state index is 13.5. The van der Waals surface area contributed by atoms with E-state index in [1.807, 2.05) is 30.3 Å². The third-order valence-electron chi connectivity index (χ3n) is 4.64. The second kappa shape index (κ2) is 9.73. The van der Waals surface area contributed by atoms with E-state index in [-0.39, 0.29) is 37.0 Å². The number of methoxy groups -OCH3 is 1. The number of anilines is 2. The zero-order chi connectivity index (χ0) is 21.7. The first-order chi connectivity index (χ1) is 14.4. The van der Waals surface area contributed by atoms with Gasteiger partial charge in [0.25, 0.3) is 5.56 Å². The lowest BCUT2D eigenvalue weighted by Gasteiger charge is -2.27. The Bertz CT molecular complexity index is 1130. The Kier molecular flexibility index (Phi) is 7.07. The molecule has 1 aromatic heterocycles. The van der Waals surface area contributed by atoms with Crippen molar-refractivity contribution in [1.82, 2.24) is 9.55 Å². The predicted octanol–water partition coefficient (Wildman–Crippen LogP) is 2.87. The van der Waals surface area contributed by atoms with Crippen LogP contribution in [-0.4, -0.2) is 23.3 Å². The van der Waals surface area contributed by atoms with Crippen molar-refractivity contribution in [2.24, 2.45) is 0 Å². The van der Waals surface area contributed by atoms with Crippen LogP contribution in [0, 0.1) is 5.82 Å². The van der Waals surface area contributed by atoms with Crippen molar-refractivity contribution in [1.29, 1.82) is 0 Å². The SMILES string of the molecule is COCCn1c(N)c(N(Cc2ccccc2)Cc2ccc(F)cc2Br)c(=O)[nH]c1=O. The van der Waals surface area contributed by atoms with E-state index < -0.39 is 11.2 Å². The summed E-state index contributed by atoms with van der Waals surface area (Å²) in [6.07, 6.45) is 0. The van der Waals surface area contributed by atoms with Gasteiger partial charge >= 0.3 is 5.69 Å². The number of hydrogen-bond donors (Lipinski definition) is 2. The third kappa shape index (κ3) is 4.98. The van der Waals surface area contributed by atoms with E-state index in [1.165, 1.54) is 23.8 Å². The third-order valence-corrected chi connectivity index (χ3v) is 5.38. The highest BCUT2D eigenvalue weighted by molar-refractivity contribution is 9.10. The van der Waals surface area contributed by atoms with Crippen LogP contribution < -0.4 is 21.9 Å². The number of aromatic nitrogens is 2. The molecule has 0 fully saturated rings. The van der Waals surface area contributed by atoms with Gasteiger partial charge in [-0.05, 0) is 23.3 Å². The van der Waals surface area contributed by atoms with E-state index in [0.717, 1.165) is 11.1 Å². The van der Waals surface area contributed by atoms with Gasteiger partial charge in [0.15, 0.2) is 0 Å². The highest BCUT2D eigenvalue weighted by atomic mass is 79.9. The smallest absolute Gasteiger partial charge is 0.330 e. The molecule has 158 valence electrons. The highest BCUT2D eigenvalue weighted by Crippen LogP contribution is 2.25. The van der Waals surface area contributed by atoms with Gasteiger partial charge in [0.1, 0.15) is 17.3 Å². The molecule has 3 aromatic rings. The predicted molar refractivity (Wildman–Crippen MR) is 118 cm³/mol. The van der Waals surface area contributed by atoms with Crippen LogP contribution in [0.2, 0.25) is 0 Å². The van der Waals surface area contributed by atoms with Gasteiger partial charge in [0.05, 0.1) is 13.2 Å². The van der Waals surface area contributed by atoms with Crippen molar-refractivity contribution in [3.8, 4) is 0 Å². The number of aromatic amines is 1. The van der Waals surface area contributed by atoms with Crippen LogP contribution in [0.4, 0.5) is 15.9 Å². The first kappa shape index (κ1) is 21.8. The standard InChI is InChI=1S/C21H22BrFN4O3/c1-30-10-9-27-19(24)18(20(28)25-21(27)29)26(12-14-5-3-2-4-6-14)13-15-7-8-16(23)11-17(15)22/h2-8,11H,9-10,12-13,24H2,1H3,(H,25,28,29). The average Bonchev–Trinajstić information content (AvgIpc) is 2.70. The molecule has 9 heteroatoms. The minimum absolute atomic E-state index is 0.0509. The molecule has 3 N–H and O–H groups in total. The lowest BCUT2D eigenvalue weighted by atomic mass is 10.1. The summed E-state index contributed by atoms with van der Waals surface area (Å²) in [4.78, 5) is 29.1. The Morgan fingerprint density at radius 3 is 2.57 bits per heavy atom. The first-order valence-electron chi connectivity index (χ1n) is 9.25. The van der Waals surface area contributed by atoms with E-state index in [1.54, 1.807) is 11.0 Å². The molecule has 0 unspecified atom stereocenters. The van der Waals surface area contributed by atoms with E-state index in [0.29, 0.717) is 11.0 Å². The zero-order valence-corrected chi connectivity index (χ0v) is 18.0. The van der Waals surface area contributed by atoms with Crippen LogP contribution in [0.15, 0.2) is 62.6 Å². The summed E-state index contributed by atoms with van der Waals surface area (Å²) in [5.41, 5.74) is 6.98. The number of ether oxygens (including phenoxy) is 1. The molecule has 0 atom stereocenters. The lowest BCUT2D eigenvalue weighted by molar-refractivity contribution is 0.186.